The number of rotatable bonds is 4. The highest BCUT2D eigenvalue weighted by Crippen LogP contribution is 2.11. The van der Waals surface area contributed by atoms with Gasteiger partial charge in [-0.15, -0.1) is 11.8 Å². The van der Waals surface area contributed by atoms with Crippen LogP contribution in [0.3, 0.4) is 0 Å². The summed E-state index contributed by atoms with van der Waals surface area (Å²) in [4.78, 5) is 13.4. The molecule has 1 fully saturated rings. The number of carbonyl (C=O) groups is 1. The largest absolute Gasteiger partial charge is 0.393 e. The second-order valence-electron chi connectivity index (χ2n) is 3.67. The molecule has 0 spiro atoms. The van der Waals surface area contributed by atoms with Crippen molar-refractivity contribution in [2.75, 3.05) is 25.2 Å². The van der Waals surface area contributed by atoms with Gasteiger partial charge in [-0.25, -0.2) is 0 Å². The SMILES string of the molecule is CC(O)CCN(C)C(=O)[C@H]1CSCN1. The van der Waals surface area contributed by atoms with Gasteiger partial charge in [0.2, 0.25) is 5.91 Å². The first-order chi connectivity index (χ1) is 6.61. The zero-order valence-corrected chi connectivity index (χ0v) is 9.51. The van der Waals surface area contributed by atoms with E-state index in [9.17, 15) is 4.79 Å². The second kappa shape index (κ2) is 5.58. The molecule has 1 heterocycles. The number of nitrogens with one attached hydrogen (secondary N) is 1. The third kappa shape index (κ3) is 3.48. The highest BCUT2D eigenvalue weighted by molar-refractivity contribution is 7.99. The van der Waals surface area contributed by atoms with Crippen molar-refractivity contribution in [1.29, 1.82) is 0 Å². The molecule has 0 radical (unpaired) electrons. The number of hydrogen-bond donors (Lipinski definition) is 2. The van der Waals surface area contributed by atoms with Crippen molar-refractivity contribution in [3.05, 3.63) is 0 Å². The van der Waals surface area contributed by atoms with Crippen LogP contribution >= 0.6 is 11.8 Å². The molecule has 0 aromatic carbocycles. The molecule has 82 valence electrons. The zero-order valence-electron chi connectivity index (χ0n) is 8.69. The van der Waals surface area contributed by atoms with E-state index in [0.29, 0.717) is 13.0 Å². The first-order valence-corrected chi connectivity index (χ1v) is 6.01. The maximum atomic E-state index is 11.7. The summed E-state index contributed by atoms with van der Waals surface area (Å²) in [6.45, 7) is 2.36. The topological polar surface area (TPSA) is 52.6 Å². The lowest BCUT2D eigenvalue weighted by Gasteiger charge is -2.21. The molecule has 4 nitrogen and oxygen atoms in total. The molecule has 0 aromatic rings. The van der Waals surface area contributed by atoms with Crippen LogP contribution in [-0.4, -0.2) is 53.3 Å². The van der Waals surface area contributed by atoms with Crippen LogP contribution in [0.2, 0.25) is 0 Å². The van der Waals surface area contributed by atoms with Crippen LogP contribution in [0.5, 0.6) is 0 Å². The Hall–Kier alpha value is -0.260. The first-order valence-electron chi connectivity index (χ1n) is 4.85. The summed E-state index contributed by atoms with van der Waals surface area (Å²) in [5.74, 6) is 1.86. The third-order valence-electron chi connectivity index (χ3n) is 2.27. The Morgan fingerprint density at radius 2 is 2.50 bits per heavy atom. The van der Waals surface area contributed by atoms with Crippen LogP contribution in [0.15, 0.2) is 0 Å². The smallest absolute Gasteiger partial charge is 0.240 e. The molecule has 0 aromatic heterocycles. The standard InChI is InChI=1S/C9H18N2O2S/c1-7(12)3-4-11(2)9(13)8-5-14-6-10-8/h7-8,10,12H,3-6H2,1-2H3/t7?,8-/m1/s1. The van der Waals surface area contributed by atoms with Crippen molar-refractivity contribution in [3.8, 4) is 0 Å². The summed E-state index contributed by atoms with van der Waals surface area (Å²) >= 11 is 1.74. The van der Waals surface area contributed by atoms with E-state index in [1.165, 1.54) is 0 Å². The van der Waals surface area contributed by atoms with Crippen LogP contribution in [0, 0.1) is 0 Å². The summed E-state index contributed by atoms with van der Waals surface area (Å²) in [6.07, 6.45) is 0.304. The Kier molecular flexibility index (Phi) is 4.71. The van der Waals surface area contributed by atoms with Crippen molar-refractivity contribution in [2.45, 2.75) is 25.5 Å². The summed E-state index contributed by atoms with van der Waals surface area (Å²) < 4.78 is 0. The normalized spacial score (nSPS) is 23.5. The van der Waals surface area contributed by atoms with Crippen LogP contribution in [0.1, 0.15) is 13.3 Å². The molecular weight excluding hydrogens is 200 g/mol. The summed E-state index contributed by atoms with van der Waals surface area (Å²) in [5.41, 5.74) is 0. The Balaban J connectivity index is 2.28. The fraction of sp³-hybridized carbons (Fsp3) is 0.889. The number of nitrogens with zero attached hydrogens (tertiary/aromatic N) is 1. The molecule has 1 aliphatic rings. The van der Waals surface area contributed by atoms with Gasteiger partial charge < -0.3 is 10.0 Å². The maximum Gasteiger partial charge on any atom is 0.240 e. The van der Waals surface area contributed by atoms with E-state index >= 15 is 0 Å². The van der Waals surface area contributed by atoms with E-state index < -0.39 is 0 Å². The van der Waals surface area contributed by atoms with Crippen LogP contribution in [0.25, 0.3) is 0 Å². The van der Waals surface area contributed by atoms with Gasteiger partial charge in [0.1, 0.15) is 0 Å². The average molecular weight is 218 g/mol. The van der Waals surface area contributed by atoms with Gasteiger partial charge in [-0.05, 0) is 13.3 Å². The average Bonchev–Trinajstić information content (AvgIpc) is 2.65. The Labute approximate surface area is 89.0 Å². The first kappa shape index (κ1) is 11.8. The lowest BCUT2D eigenvalue weighted by Crippen LogP contribution is -2.43. The Morgan fingerprint density at radius 3 is 3.00 bits per heavy atom. The lowest BCUT2D eigenvalue weighted by atomic mass is 10.2. The van der Waals surface area contributed by atoms with E-state index in [1.54, 1.807) is 30.6 Å². The minimum absolute atomic E-state index is 0.0287. The van der Waals surface area contributed by atoms with Crippen LogP contribution in [0.4, 0.5) is 0 Å². The minimum atomic E-state index is -0.337. The Bertz CT molecular complexity index is 193. The quantitative estimate of drug-likeness (QED) is 0.690. The molecule has 1 unspecified atom stereocenters. The molecule has 2 atom stereocenters. The Morgan fingerprint density at radius 1 is 1.79 bits per heavy atom. The summed E-state index contributed by atoms with van der Waals surface area (Å²) in [5, 5.41) is 12.2. The molecule has 1 amide bonds. The van der Waals surface area contributed by atoms with Gasteiger partial charge in [-0.3, -0.25) is 10.1 Å². The number of hydrogen-bond acceptors (Lipinski definition) is 4. The van der Waals surface area contributed by atoms with Crippen molar-refractivity contribution in [3.63, 3.8) is 0 Å². The van der Waals surface area contributed by atoms with Gasteiger partial charge in [0.25, 0.3) is 0 Å². The van der Waals surface area contributed by atoms with Gasteiger partial charge >= 0.3 is 0 Å². The molecule has 1 rings (SSSR count). The third-order valence-corrected chi connectivity index (χ3v) is 3.21. The van der Waals surface area contributed by atoms with Crippen molar-refractivity contribution >= 4 is 17.7 Å². The molecule has 5 heteroatoms. The van der Waals surface area contributed by atoms with E-state index in [2.05, 4.69) is 5.32 Å². The predicted molar refractivity (Wildman–Crippen MR) is 58.2 cm³/mol. The summed E-state index contributed by atoms with van der Waals surface area (Å²) in [7, 11) is 1.79. The number of aliphatic hydroxyl groups excluding tert-OH is 1. The van der Waals surface area contributed by atoms with Gasteiger partial charge in [-0.1, -0.05) is 0 Å². The monoisotopic (exact) mass is 218 g/mol. The molecule has 14 heavy (non-hydrogen) atoms. The van der Waals surface area contributed by atoms with Crippen molar-refractivity contribution in [2.24, 2.45) is 0 Å². The van der Waals surface area contributed by atoms with Crippen LogP contribution in [-0.2, 0) is 4.79 Å². The number of carbonyl (C=O) groups excluding carboxylic acids is 1. The van der Waals surface area contributed by atoms with Crippen molar-refractivity contribution < 1.29 is 9.90 Å². The lowest BCUT2D eigenvalue weighted by molar-refractivity contribution is -0.131. The molecule has 1 aliphatic heterocycles. The van der Waals surface area contributed by atoms with Crippen molar-refractivity contribution in [1.82, 2.24) is 10.2 Å². The molecular formula is C9H18N2O2S. The zero-order chi connectivity index (χ0) is 10.6. The number of aliphatic hydroxyl groups is 1. The molecule has 2 N–H and O–H groups in total. The van der Waals surface area contributed by atoms with Gasteiger partial charge in [0, 0.05) is 25.2 Å². The molecule has 0 bridgehead atoms. The fourth-order valence-corrected chi connectivity index (χ4v) is 2.24. The van der Waals surface area contributed by atoms with E-state index in [0.717, 1.165) is 11.6 Å². The summed E-state index contributed by atoms with van der Waals surface area (Å²) in [6, 6.07) is -0.0287. The van der Waals surface area contributed by atoms with Gasteiger partial charge in [0.05, 0.1) is 12.1 Å². The maximum absolute atomic E-state index is 11.7. The second-order valence-corrected chi connectivity index (χ2v) is 4.70. The highest BCUT2D eigenvalue weighted by atomic mass is 32.2. The molecule has 1 saturated heterocycles. The van der Waals surface area contributed by atoms with Gasteiger partial charge in [-0.2, -0.15) is 0 Å². The van der Waals surface area contributed by atoms with Crippen LogP contribution < -0.4 is 5.32 Å². The van der Waals surface area contributed by atoms with E-state index in [1.807, 2.05) is 0 Å². The number of likely N-dealkylation sites (N-methyl/N-ethyl adjacent to an activating group) is 1. The highest BCUT2D eigenvalue weighted by Gasteiger charge is 2.25. The van der Waals surface area contributed by atoms with Gasteiger partial charge in [0.15, 0.2) is 0 Å². The number of thioether (sulfide) groups is 1. The molecule has 0 saturated carbocycles. The molecule has 0 aliphatic carbocycles. The van der Waals surface area contributed by atoms with E-state index in [4.69, 9.17) is 5.11 Å². The minimum Gasteiger partial charge on any atom is -0.393 e. The fourth-order valence-electron chi connectivity index (χ4n) is 1.31. The van der Waals surface area contributed by atoms with E-state index in [-0.39, 0.29) is 18.1 Å². The number of amides is 1. The predicted octanol–water partition coefficient (Wildman–Crippen LogP) is -0.122.